The molecule has 0 saturated carbocycles. The highest BCUT2D eigenvalue weighted by molar-refractivity contribution is 7.07. The number of aromatic nitrogens is 1. The third-order valence-corrected chi connectivity index (χ3v) is 3.60. The molecule has 2 rings (SSSR count). The van der Waals surface area contributed by atoms with Crippen molar-refractivity contribution in [1.82, 2.24) is 15.2 Å². The van der Waals surface area contributed by atoms with Crippen LogP contribution in [0.5, 0.6) is 0 Å². The van der Waals surface area contributed by atoms with Crippen molar-refractivity contribution in [2.45, 2.75) is 38.9 Å². The van der Waals surface area contributed by atoms with Crippen molar-refractivity contribution in [1.29, 1.82) is 0 Å². The Labute approximate surface area is 104 Å². The topological polar surface area (TPSA) is 62.3 Å². The van der Waals surface area contributed by atoms with E-state index in [0.29, 0.717) is 13.0 Å². The van der Waals surface area contributed by atoms with Gasteiger partial charge >= 0.3 is 0 Å². The SMILES string of the molecule is CCC1NC(=O)C(C)N(Cc2cscn2)C1=O. The van der Waals surface area contributed by atoms with E-state index in [4.69, 9.17) is 0 Å². The van der Waals surface area contributed by atoms with E-state index in [1.807, 2.05) is 12.3 Å². The Morgan fingerprint density at radius 3 is 2.88 bits per heavy atom. The summed E-state index contributed by atoms with van der Waals surface area (Å²) in [5.41, 5.74) is 2.56. The largest absolute Gasteiger partial charge is 0.343 e. The normalized spacial score (nSPS) is 24.9. The predicted molar refractivity (Wildman–Crippen MR) is 64.3 cm³/mol. The summed E-state index contributed by atoms with van der Waals surface area (Å²) in [6.45, 7) is 4.04. The zero-order valence-corrected chi connectivity index (χ0v) is 10.7. The summed E-state index contributed by atoms with van der Waals surface area (Å²) in [5, 5.41) is 4.62. The molecule has 1 saturated heterocycles. The first-order valence-corrected chi connectivity index (χ1v) is 6.55. The molecule has 1 N–H and O–H groups in total. The second kappa shape index (κ2) is 4.83. The van der Waals surface area contributed by atoms with Crippen LogP contribution in [0.3, 0.4) is 0 Å². The van der Waals surface area contributed by atoms with Gasteiger partial charge < -0.3 is 10.2 Å². The van der Waals surface area contributed by atoms with E-state index in [1.165, 1.54) is 11.3 Å². The van der Waals surface area contributed by atoms with Crippen molar-refractivity contribution in [3.05, 3.63) is 16.6 Å². The minimum atomic E-state index is -0.424. The van der Waals surface area contributed by atoms with Crippen molar-refractivity contribution in [3.8, 4) is 0 Å². The lowest BCUT2D eigenvalue weighted by Gasteiger charge is -2.36. The van der Waals surface area contributed by atoms with E-state index in [2.05, 4.69) is 10.3 Å². The Bertz CT molecular complexity index is 418. The molecular weight excluding hydrogens is 238 g/mol. The Morgan fingerprint density at radius 2 is 2.29 bits per heavy atom. The van der Waals surface area contributed by atoms with Crippen molar-refractivity contribution in [3.63, 3.8) is 0 Å². The molecule has 1 aliphatic rings. The molecule has 1 fully saturated rings. The highest BCUT2D eigenvalue weighted by atomic mass is 32.1. The Hall–Kier alpha value is -1.43. The molecular formula is C11H15N3O2S. The lowest BCUT2D eigenvalue weighted by Crippen LogP contribution is -2.61. The van der Waals surface area contributed by atoms with Crippen molar-refractivity contribution in [2.24, 2.45) is 0 Å². The van der Waals surface area contributed by atoms with Crippen molar-refractivity contribution < 1.29 is 9.59 Å². The molecule has 17 heavy (non-hydrogen) atoms. The van der Waals surface area contributed by atoms with Crippen LogP contribution >= 0.6 is 11.3 Å². The van der Waals surface area contributed by atoms with Gasteiger partial charge in [0.05, 0.1) is 17.7 Å². The summed E-state index contributed by atoms with van der Waals surface area (Å²) < 4.78 is 0. The molecule has 1 aliphatic heterocycles. The number of piperazine rings is 1. The number of hydrogen-bond acceptors (Lipinski definition) is 4. The van der Waals surface area contributed by atoms with Crippen LogP contribution in [0.2, 0.25) is 0 Å². The van der Waals surface area contributed by atoms with Crippen LogP contribution in [-0.4, -0.2) is 33.8 Å². The summed E-state index contributed by atoms with van der Waals surface area (Å²) in [6, 6.07) is -0.815. The molecule has 2 heterocycles. The summed E-state index contributed by atoms with van der Waals surface area (Å²) in [7, 11) is 0. The molecule has 0 radical (unpaired) electrons. The highest BCUT2D eigenvalue weighted by Crippen LogP contribution is 2.15. The van der Waals surface area contributed by atoms with Crippen molar-refractivity contribution >= 4 is 23.2 Å². The van der Waals surface area contributed by atoms with Gasteiger partial charge in [-0.15, -0.1) is 11.3 Å². The van der Waals surface area contributed by atoms with Crippen LogP contribution in [-0.2, 0) is 16.1 Å². The van der Waals surface area contributed by atoms with E-state index in [0.717, 1.165) is 5.69 Å². The maximum Gasteiger partial charge on any atom is 0.246 e. The number of hydrogen-bond donors (Lipinski definition) is 1. The third-order valence-electron chi connectivity index (χ3n) is 2.97. The average molecular weight is 253 g/mol. The van der Waals surface area contributed by atoms with Crippen LogP contribution in [0.1, 0.15) is 26.0 Å². The third kappa shape index (κ3) is 2.31. The van der Waals surface area contributed by atoms with Crippen LogP contribution < -0.4 is 5.32 Å². The molecule has 1 aromatic heterocycles. The smallest absolute Gasteiger partial charge is 0.246 e. The lowest BCUT2D eigenvalue weighted by molar-refractivity contribution is -0.149. The number of amides is 2. The molecule has 6 heteroatoms. The van der Waals surface area contributed by atoms with E-state index in [1.54, 1.807) is 17.3 Å². The zero-order valence-electron chi connectivity index (χ0n) is 9.84. The molecule has 2 unspecified atom stereocenters. The van der Waals surface area contributed by atoms with Crippen LogP contribution in [0.25, 0.3) is 0 Å². The monoisotopic (exact) mass is 253 g/mol. The van der Waals surface area contributed by atoms with Gasteiger partial charge in [-0.25, -0.2) is 4.98 Å². The van der Waals surface area contributed by atoms with Gasteiger partial charge in [0.25, 0.3) is 0 Å². The number of rotatable bonds is 3. The number of nitrogens with one attached hydrogen (secondary N) is 1. The minimum Gasteiger partial charge on any atom is -0.343 e. The Balaban J connectivity index is 2.17. The Morgan fingerprint density at radius 1 is 1.53 bits per heavy atom. The van der Waals surface area contributed by atoms with Gasteiger partial charge in [0.1, 0.15) is 12.1 Å². The van der Waals surface area contributed by atoms with E-state index >= 15 is 0 Å². The highest BCUT2D eigenvalue weighted by Gasteiger charge is 2.37. The first kappa shape index (κ1) is 12.0. The molecule has 2 atom stereocenters. The predicted octanol–water partition coefficient (Wildman–Crippen LogP) is 0.769. The molecule has 0 aromatic carbocycles. The quantitative estimate of drug-likeness (QED) is 0.865. The van der Waals surface area contributed by atoms with Gasteiger partial charge in [-0.2, -0.15) is 0 Å². The van der Waals surface area contributed by atoms with E-state index in [-0.39, 0.29) is 11.8 Å². The van der Waals surface area contributed by atoms with Crippen LogP contribution in [0.4, 0.5) is 0 Å². The first-order chi connectivity index (χ1) is 8.13. The molecule has 0 spiro atoms. The molecule has 1 aromatic rings. The van der Waals surface area contributed by atoms with Gasteiger partial charge in [0.15, 0.2) is 0 Å². The molecule has 2 amide bonds. The number of carbonyl (C=O) groups excluding carboxylic acids is 2. The maximum atomic E-state index is 12.1. The number of nitrogens with zero attached hydrogens (tertiary/aromatic N) is 2. The van der Waals surface area contributed by atoms with Crippen molar-refractivity contribution in [2.75, 3.05) is 0 Å². The summed E-state index contributed by atoms with van der Waals surface area (Å²) in [5.74, 6) is -0.112. The van der Waals surface area contributed by atoms with E-state index in [9.17, 15) is 9.59 Å². The first-order valence-electron chi connectivity index (χ1n) is 5.61. The van der Waals surface area contributed by atoms with Crippen LogP contribution in [0, 0.1) is 0 Å². The number of carbonyl (C=O) groups is 2. The lowest BCUT2D eigenvalue weighted by atomic mass is 10.1. The fourth-order valence-electron chi connectivity index (χ4n) is 1.87. The standard InChI is InChI=1S/C11H15N3O2S/c1-3-9-11(16)14(7(2)10(15)13-9)4-8-5-17-6-12-8/h5-7,9H,3-4H2,1-2H3,(H,13,15). The Kier molecular flexibility index (Phi) is 3.42. The van der Waals surface area contributed by atoms with Gasteiger partial charge in [-0.3, -0.25) is 9.59 Å². The molecule has 5 nitrogen and oxygen atoms in total. The zero-order chi connectivity index (χ0) is 12.4. The fourth-order valence-corrected chi connectivity index (χ4v) is 2.42. The van der Waals surface area contributed by atoms with Gasteiger partial charge in [-0.05, 0) is 13.3 Å². The summed E-state index contributed by atoms with van der Waals surface area (Å²) >= 11 is 1.49. The molecule has 92 valence electrons. The van der Waals surface area contributed by atoms with E-state index < -0.39 is 12.1 Å². The van der Waals surface area contributed by atoms with Gasteiger partial charge in [0.2, 0.25) is 11.8 Å². The second-order valence-corrected chi connectivity index (χ2v) is 4.81. The summed E-state index contributed by atoms with van der Waals surface area (Å²) in [6.07, 6.45) is 0.616. The van der Waals surface area contributed by atoms with Crippen LogP contribution in [0.15, 0.2) is 10.9 Å². The molecule has 0 bridgehead atoms. The number of thiazole rings is 1. The van der Waals surface area contributed by atoms with Gasteiger partial charge in [-0.1, -0.05) is 6.92 Å². The fraction of sp³-hybridized carbons (Fsp3) is 0.545. The molecule has 0 aliphatic carbocycles. The maximum absolute atomic E-state index is 12.1. The van der Waals surface area contributed by atoms with Gasteiger partial charge in [0, 0.05) is 5.38 Å². The second-order valence-electron chi connectivity index (χ2n) is 4.09. The average Bonchev–Trinajstić information content (AvgIpc) is 2.82. The summed E-state index contributed by atoms with van der Waals surface area (Å²) in [4.78, 5) is 29.6. The minimum absolute atomic E-state index is 0.0207.